The Labute approximate surface area is 99.4 Å². The quantitative estimate of drug-likeness (QED) is 0.809. The molecule has 1 aromatic carbocycles. The van der Waals surface area contributed by atoms with Crippen LogP contribution in [-0.4, -0.2) is 30.1 Å². The summed E-state index contributed by atoms with van der Waals surface area (Å²) in [5.41, 5.74) is 0.396. The molecule has 0 aliphatic heterocycles. The smallest absolute Gasteiger partial charge is 0.305 e. The van der Waals surface area contributed by atoms with Gasteiger partial charge in [0.15, 0.2) is 0 Å². The number of carbonyl (C=O) groups excluding carboxylic acids is 1. The van der Waals surface area contributed by atoms with Gasteiger partial charge in [-0.3, -0.25) is 9.59 Å². The molecule has 1 aromatic rings. The van der Waals surface area contributed by atoms with Gasteiger partial charge in [0.05, 0.1) is 19.1 Å². The van der Waals surface area contributed by atoms with E-state index in [1.54, 1.807) is 31.2 Å². The predicted octanol–water partition coefficient (Wildman–Crippen LogP) is 1.29. The summed E-state index contributed by atoms with van der Waals surface area (Å²) < 4.78 is 5.05. The lowest BCUT2D eigenvalue weighted by Crippen LogP contribution is -2.34. The molecule has 2 N–H and O–H groups in total. The summed E-state index contributed by atoms with van der Waals surface area (Å²) in [5.74, 6) is -0.818. The zero-order valence-corrected chi connectivity index (χ0v) is 9.77. The summed E-state index contributed by atoms with van der Waals surface area (Å²) in [5, 5.41) is 11.2. The normalized spacial score (nSPS) is 11.6. The molecule has 5 heteroatoms. The van der Waals surface area contributed by atoms with Crippen molar-refractivity contribution in [2.45, 2.75) is 19.4 Å². The number of nitrogens with one attached hydrogen (secondary N) is 1. The number of carboxylic acid groups (broad SMARTS) is 1. The van der Waals surface area contributed by atoms with Gasteiger partial charge >= 0.3 is 5.97 Å². The lowest BCUT2D eigenvalue weighted by Gasteiger charge is -2.13. The molecular formula is C12H15NO4. The maximum atomic E-state index is 11.8. The molecule has 1 atom stereocenters. The molecule has 92 valence electrons. The summed E-state index contributed by atoms with van der Waals surface area (Å²) in [4.78, 5) is 22.3. The first kappa shape index (κ1) is 13.0. The van der Waals surface area contributed by atoms with Gasteiger partial charge in [0.1, 0.15) is 5.75 Å². The maximum Gasteiger partial charge on any atom is 0.305 e. The monoisotopic (exact) mass is 237 g/mol. The van der Waals surface area contributed by atoms with Gasteiger partial charge in [-0.05, 0) is 19.1 Å². The van der Waals surface area contributed by atoms with Gasteiger partial charge in [0, 0.05) is 6.04 Å². The van der Waals surface area contributed by atoms with Crippen LogP contribution in [0.5, 0.6) is 5.75 Å². The highest BCUT2D eigenvalue weighted by atomic mass is 16.5. The molecule has 0 unspecified atom stereocenters. The van der Waals surface area contributed by atoms with E-state index in [0.29, 0.717) is 11.3 Å². The molecule has 1 rings (SSSR count). The fourth-order valence-electron chi connectivity index (χ4n) is 1.45. The largest absolute Gasteiger partial charge is 0.496 e. The number of aliphatic carboxylic acids is 1. The van der Waals surface area contributed by atoms with Crippen molar-refractivity contribution in [1.82, 2.24) is 5.32 Å². The predicted molar refractivity (Wildman–Crippen MR) is 62.2 cm³/mol. The summed E-state index contributed by atoms with van der Waals surface area (Å²) in [7, 11) is 1.48. The number of hydrogen-bond acceptors (Lipinski definition) is 3. The lowest BCUT2D eigenvalue weighted by atomic mass is 10.1. The third-order valence-electron chi connectivity index (χ3n) is 2.21. The highest BCUT2D eigenvalue weighted by Gasteiger charge is 2.15. The van der Waals surface area contributed by atoms with E-state index < -0.39 is 12.0 Å². The highest BCUT2D eigenvalue weighted by molar-refractivity contribution is 5.97. The number of rotatable bonds is 5. The molecule has 0 aliphatic rings. The van der Waals surface area contributed by atoms with Crippen LogP contribution >= 0.6 is 0 Å². The minimum absolute atomic E-state index is 0.110. The van der Waals surface area contributed by atoms with Crippen LogP contribution < -0.4 is 10.1 Å². The van der Waals surface area contributed by atoms with E-state index in [-0.39, 0.29) is 12.3 Å². The van der Waals surface area contributed by atoms with Crippen molar-refractivity contribution < 1.29 is 19.4 Å². The van der Waals surface area contributed by atoms with E-state index in [1.165, 1.54) is 7.11 Å². The first-order valence-corrected chi connectivity index (χ1v) is 5.20. The topological polar surface area (TPSA) is 75.6 Å². The molecule has 0 heterocycles. The number of benzene rings is 1. The van der Waals surface area contributed by atoms with Crippen LogP contribution in [0.3, 0.4) is 0 Å². The Bertz CT molecular complexity index is 417. The number of ether oxygens (including phenoxy) is 1. The van der Waals surface area contributed by atoms with Gasteiger partial charge in [-0.25, -0.2) is 0 Å². The van der Waals surface area contributed by atoms with E-state index in [0.717, 1.165) is 0 Å². The Kier molecular flexibility index (Phi) is 4.51. The highest BCUT2D eigenvalue weighted by Crippen LogP contribution is 2.17. The summed E-state index contributed by atoms with van der Waals surface area (Å²) in [6.45, 7) is 1.64. The van der Waals surface area contributed by atoms with Crippen molar-refractivity contribution in [3.05, 3.63) is 29.8 Å². The number of amides is 1. The molecule has 0 aliphatic carbocycles. The SMILES string of the molecule is COc1ccccc1C(=O)N[C@@H](C)CC(=O)O. The third-order valence-corrected chi connectivity index (χ3v) is 2.21. The zero-order chi connectivity index (χ0) is 12.8. The Balaban J connectivity index is 2.72. The zero-order valence-electron chi connectivity index (χ0n) is 9.77. The standard InChI is InChI=1S/C12H15NO4/c1-8(7-11(14)15)13-12(16)9-5-3-4-6-10(9)17-2/h3-6,8H,7H2,1-2H3,(H,13,16)(H,14,15)/t8-/m0/s1. The van der Waals surface area contributed by atoms with Gasteiger partial charge in [-0.15, -0.1) is 0 Å². The van der Waals surface area contributed by atoms with Gasteiger partial charge in [-0.2, -0.15) is 0 Å². The molecule has 0 aromatic heterocycles. The molecule has 0 radical (unpaired) electrons. The molecule has 0 spiro atoms. The van der Waals surface area contributed by atoms with Crippen molar-refractivity contribution >= 4 is 11.9 Å². The number of methoxy groups -OCH3 is 1. The van der Waals surface area contributed by atoms with E-state index in [1.807, 2.05) is 0 Å². The minimum atomic E-state index is -0.946. The number of para-hydroxylation sites is 1. The second-order valence-corrected chi connectivity index (χ2v) is 3.67. The van der Waals surface area contributed by atoms with E-state index in [4.69, 9.17) is 9.84 Å². The van der Waals surface area contributed by atoms with Crippen molar-refractivity contribution in [3.8, 4) is 5.75 Å². The molecule has 0 saturated heterocycles. The maximum absolute atomic E-state index is 11.8. The van der Waals surface area contributed by atoms with Gasteiger partial charge in [-0.1, -0.05) is 12.1 Å². The molecule has 0 bridgehead atoms. The van der Waals surface area contributed by atoms with E-state index in [2.05, 4.69) is 5.32 Å². The molecule has 5 nitrogen and oxygen atoms in total. The van der Waals surface area contributed by atoms with E-state index >= 15 is 0 Å². The first-order chi connectivity index (χ1) is 8.04. The Morgan fingerprint density at radius 1 is 1.41 bits per heavy atom. The van der Waals surface area contributed by atoms with Crippen LogP contribution in [0, 0.1) is 0 Å². The number of hydrogen-bond donors (Lipinski definition) is 2. The van der Waals surface area contributed by atoms with Crippen molar-refractivity contribution in [2.75, 3.05) is 7.11 Å². The average molecular weight is 237 g/mol. The Hall–Kier alpha value is -2.04. The second kappa shape index (κ2) is 5.89. The number of carboxylic acids is 1. The fraction of sp³-hybridized carbons (Fsp3) is 0.333. The summed E-state index contributed by atoms with van der Waals surface area (Å²) in [6, 6.07) is 6.36. The lowest BCUT2D eigenvalue weighted by molar-refractivity contribution is -0.137. The Morgan fingerprint density at radius 2 is 2.06 bits per heavy atom. The van der Waals surface area contributed by atoms with Crippen LogP contribution in [0.1, 0.15) is 23.7 Å². The van der Waals surface area contributed by atoms with Gasteiger partial charge in [0.2, 0.25) is 0 Å². The van der Waals surface area contributed by atoms with Crippen LogP contribution in [0.15, 0.2) is 24.3 Å². The molecule has 0 saturated carbocycles. The molecule has 17 heavy (non-hydrogen) atoms. The van der Waals surface area contributed by atoms with Crippen LogP contribution in [0.4, 0.5) is 0 Å². The van der Waals surface area contributed by atoms with Gasteiger partial charge in [0.25, 0.3) is 5.91 Å². The van der Waals surface area contributed by atoms with Crippen molar-refractivity contribution in [2.24, 2.45) is 0 Å². The van der Waals surface area contributed by atoms with Gasteiger partial charge < -0.3 is 15.2 Å². The van der Waals surface area contributed by atoms with Crippen molar-refractivity contribution in [3.63, 3.8) is 0 Å². The van der Waals surface area contributed by atoms with Crippen LogP contribution in [0.25, 0.3) is 0 Å². The molecule has 1 amide bonds. The van der Waals surface area contributed by atoms with E-state index in [9.17, 15) is 9.59 Å². The summed E-state index contributed by atoms with van der Waals surface area (Å²) >= 11 is 0. The summed E-state index contributed by atoms with van der Waals surface area (Å²) in [6.07, 6.45) is -0.110. The second-order valence-electron chi connectivity index (χ2n) is 3.67. The third kappa shape index (κ3) is 3.79. The molecule has 0 fully saturated rings. The Morgan fingerprint density at radius 3 is 2.65 bits per heavy atom. The van der Waals surface area contributed by atoms with Crippen molar-refractivity contribution in [1.29, 1.82) is 0 Å². The fourth-order valence-corrected chi connectivity index (χ4v) is 1.45. The van der Waals surface area contributed by atoms with Crippen LogP contribution in [-0.2, 0) is 4.79 Å². The molecular weight excluding hydrogens is 222 g/mol. The average Bonchev–Trinajstić information content (AvgIpc) is 2.27. The first-order valence-electron chi connectivity index (χ1n) is 5.20. The number of carbonyl (C=O) groups is 2. The van der Waals surface area contributed by atoms with Crippen LogP contribution in [0.2, 0.25) is 0 Å². The minimum Gasteiger partial charge on any atom is -0.496 e.